The van der Waals surface area contributed by atoms with Gasteiger partial charge in [-0.05, 0) is 48.1 Å². The van der Waals surface area contributed by atoms with Crippen LogP contribution in [0.2, 0.25) is 0 Å². The lowest BCUT2D eigenvalue weighted by Crippen LogP contribution is -2.87. The van der Waals surface area contributed by atoms with Crippen molar-refractivity contribution in [2.75, 3.05) is 6.54 Å². The van der Waals surface area contributed by atoms with Crippen molar-refractivity contribution in [3.8, 4) is 11.6 Å². The van der Waals surface area contributed by atoms with Gasteiger partial charge in [-0.15, -0.1) is 0 Å². The Labute approximate surface area is 179 Å². The molecule has 0 saturated carbocycles. The third kappa shape index (κ3) is 2.95. The lowest BCUT2D eigenvalue weighted by molar-refractivity contribution is -0.690. The number of nitrogens with one attached hydrogen (secondary N) is 2. The predicted molar refractivity (Wildman–Crippen MR) is 117 cm³/mol. The van der Waals surface area contributed by atoms with E-state index in [1.807, 2.05) is 42.5 Å². The van der Waals surface area contributed by atoms with Gasteiger partial charge in [0, 0.05) is 21.8 Å². The maximum atomic E-state index is 12.9. The number of benzene rings is 2. The molecule has 0 amide bonds. The summed E-state index contributed by atoms with van der Waals surface area (Å²) < 4.78 is 2.58. The lowest BCUT2D eigenvalue weighted by Gasteiger charge is -2.22. The van der Waals surface area contributed by atoms with Crippen LogP contribution < -0.4 is 10.9 Å². The molecule has 0 spiro atoms. The van der Waals surface area contributed by atoms with Crippen LogP contribution in [-0.2, 0) is 6.42 Å². The van der Waals surface area contributed by atoms with Gasteiger partial charge in [-0.25, -0.2) is 0 Å². The molecule has 2 aromatic carbocycles. The monoisotopic (exact) mass is 469 g/mol. The summed E-state index contributed by atoms with van der Waals surface area (Å²) in [6, 6.07) is 15.2. The van der Waals surface area contributed by atoms with Gasteiger partial charge in [0.15, 0.2) is 10.8 Å². The molecule has 4 aromatic rings. The molecular weight excluding hydrogens is 452 g/mol. The summed E-state index contributed by atoms with van der Waals surface area (Å²) in [6.07, 6.45) is 0.903. The summed E-state index contributed by atoms with van der Waals surface area (Å²) in [5.74, 6) is -0.131. The number of nitrogens with two attached hydrogens (primary N) is 1. The van der Waals surface area contributed by atoms with E-state index in [4.69, 9.17) is 12.2 Å². The van der Waals surface area contributed by atoms with Gasteiger partial charge in [0.2, 0.25) is 5.88 Å². The number of fused-ring (bicyclic) bond motifs is 3. The van der Waals surface area contributed by atoms with Crippen LogP contribution in [0.4, 0.5) is 0 Å². The maximum Gasteiger partial charge on any atom is 0.265 e. The summed E-state index contributed by atoms with van der Waals surface area (Å²) in [5.41, 5.74) is 3.81. The second kappa shape index (κ2) is 6.98. The van der Waals surface area contributed by atoms with Crippen LogP contribution in [0.25, 0.3) is 16.6 Å². The highest BCUT2D eigenvalue weighted by atomic mass is 79.9. The SMILES string of the molecule is O=c1[nH]c(=S)n(-c2ccc(Br)cc2)c(O)c1[C@@H]1[NH2+]CCc2c1[nH]c1ccccc21. The van der Waals surface area contributed by atoms with Crippen LogP contribution in [0.5, 0.6) is 5.88 Å². The standard InChI is InChI=1S/C21H17BrN4O2S/c22-11-5-7-12(8-6-11)26-20(28)16(19(27)25-21(26)29)18-17-14(9-10-23-18)13-3-1-2-4-15(13)24-17/h1-8,18,23-24,28H,9-10H2,(H,25,27,29)/p+1/t18-/m0/s1. The number of para-hydroxylation sites is 1. The lowest BCUT2D eigenvalue weighted by atomic mass is 9.95. The summed E-state index contributed by atoms with van der Waals surface area (Å²) in [7, 11) is 0. The Morgan fingerprint density at radius 3 is 2.69 bits per heavy atom. The van der Waals surface area contributed by atoms with Gasteiger partial charge in [-0.3, -0.25) is 14.3 Å². The average molecular weight is 470 g/mol. The Morgan fingerprint density at radius 1 is 1.14 bits per heavy atom. The van der Waals surface area contributed by atoms with E-state index in [0.29, 0.717) is 11.3 Å². The smallest absolute Gasteiger partial charge is 0.265 e. The molecular formula is C21H18BrN4O2S+. The molecule has 146 valence electrons. The molecule has 5 N–H and O–H groups in total. The second-order valence-corrected chi connectivity index (χ2v) is 8.43. The van der Waals surface area contributed by atoms with Crippen LogP contribution >= 0.6 is 28.1 Å². The van der Waals surface area contributed by atoms with Crippen LogP contribution in [0.15, 0.2) is 57.8 Å². The van der Waals surface area contributed by atoms with Gasteiger partial charge in [-0.1, -0.05) is 34.1 Å². The van der Waals surface area contributed by atoms with E-state index in [1.165, 1.54) is 10.1 Å². The number of quaternary nitrogens is 1. The van der Waals surface area contributed by atoms with Gasteiger partial charge in [0.05, 0.1) is 17.9 Å². The van der Waals surface area contributed by atoms with Crippen molar-refractivity contribution in [2.24, 2.45) is 0 Å². The quantitative estimate of drug-likeness (QED) is 0.340. The minimum atomic E-state index is -0.367. The van der Waals surface area contributed by atoms with E-state index in [-0.39, 0.29) is 22.3 Å². The normalized spacial score (nSPS) is 16.1. The summed E-state index contributed by atoms with van der Waals surface area (Å²) in [5, 5.41) is 14.4. The number of aromatic nitrogens is 3. The fraction of sp³-hybridized carbons (Fsp3) is 0.143. The van der Waals surface area contributed by atoms with Crippen molar-refractivity contribution >= 4 is 39.1 Å². The number of aromatic amines is 2. The third-order valence-corrected chi connectivity index (χ3v) is 6.28. The molecule has 0 fully saturated rings. The van der Waals surface area contributed by atoms with E-state index in [0.717, 1.165) is 34.0 Å². The molecule has 0 aliphatic carbocycles. The number of hydrogen-bond acceptors (Lipinski definition) is 3. The molecule has 3 heterocycles. The van der Waals surface area contributed by atoms with Crippen molar-refractivity contribution in [2.45, 2.75) is 12.5 Å². The first-order chi connectivity index (χ1) is 14.0. The van der Waals surface area contributed by atoms with Crippen LogP contribution in [0.1, 0.15) is 22.9 Å². The number of H-pyrrole nitrogens is 2. The van der Waals surface area contributed by atoms with Gasteiger partial charge < -0.3 is 15.4 Å². The fourth-order valence-corrected chi connectivity index (χ4v) is 4.73. The number of nitrogens with zero attached hydrogens (tertiary/aromatic N) is 1. The van der Waals surface area contributed by atoms with E-state index in [9.17, 15) is 9.90 Å². The average Bonchev–Trinajstić information content (AvgIpc) is 3.09. The van der Waals surface area contributed by atoms with E-state index >= 15 is 0 Å². The summed E-state index contributed by atoms with van der Waals surface area (Å²) in [4.78, 5) is 19.1. The van der Waals surface area contributed by atoms with Crippen LogP contribution in [-0.4, -0.2) is 26.2 Å². The molecule has 6 nitrogen and oxygen atoms in total. The third-order valence-electron chi connectivity index (χ3n) is 5.47. The first kappa shape index (κ1) is 18.4. The molecule has 1 aliphatic heterocycles. The van der Waals surface area contributed by atoms with Gasteiger partial charge in [0.1, 0.15) is 5.56 Å². The molecule has 2 aromatic heterocycles. The molecule has 0 unspecified atom stereocenters. The summed E-state index contributed by atoms with van der Waals surface area (Å²) >= 11 is 8.76. The Balaban J connectivity index is 1.74. The highest BCUT2D eigenvalue weighted by Gasteiger charge is 2.34. The van der Waals surface area contributed by atoms with E-state index in [2.05, 4.69) is 37.3 Å². The summed E-state index contributed by atoms with van der Waals surface area (Å²) in [6.45, 7) is 0.826. The fourth-order valence-electron chi connectivity index (χ4n) is 4.18. The first-order valence-corrected chi connectivity index (χ1v) is 10.5. The van der Waals surface area contributed by atoms with E-state index < -0.39 is 0 Å². The zero-order valence-corrected chi connectivity index (χ0v) is 17.7. The predicted octanol–water partition coefficient (Wildman–Crippen LogP) is 3.05. The van der Waals surface area contributed by atoms with Crippen molar-refractivity contribution in [3.05, 3.63) is 84.9 Å². The van der Waals surface area contributed by atoms with E-state index in [1.54, 1.807) is 0 Å². The highest BCUT2D eigenvalue weighted by molar-refractivity contribution is 9.10. The Kier molecular flexibility index (Phi) is 4.42. The van der Waals surface area contributed by atoms with Crippen molar-refractivity contribution in [1.82, 2.24) is 14.5 Å². The van der Waals surface area contributed by atoms with Crippen molar-refractivity contribution < 1.29 is 10.4 Å². The van der Waals surface area contributed by atoms with Gasteiger partial charge >= 0.3 is 0 Å². The Hall–Kier alpha value is -2.68. The minimum Gasteiger partial charge on any atom is -0.494 e. The Bertz CT molecular complexity index is 1350. The van der Waals surface area contributed by atoms with Gasteiger partial charge in [-0.2, -0.15) is 0 Å². The number of hydrogen-bond donors (Lipinski definition) is 4. The van der Waals surface area contributed by atoms with Gasteiger partial charge in [0.25, 0.3) is 5.56 Å². The number of rotatable bonds is 2. The van der Waals surface area contributed by atoms with Crippen LogP contribution in [0, 0.1) is 4.77 Å². The largest absolute Gasteiger partial charge is 0.494 e. The minimum absolute atomic E-state index is 0.131. The molecule has 0 saturated heterocycles. The maximum absolute atomic E-state index is 12.9. The molecule has 1 aliphatic rings. The van der Waals surface area contributed by atoms with Crippen LogP contribution in [0.3, 0.4) is 0 Å². The number of halogens is 1. The Morgan fingerprint density at radius 2 is 1.90 bits per heavy atom. The first-order valence-electron chi connectivity index (χ1n) is 9.31. The number of aromatic hydroxyl groups is 1. The molecule has 1 atom stereocenters. The van der Waals surface area contributed by atoms with Crippen molar-refractivity contribution in [3.63, 3.8) is 0 Å². The highest BCUT2D eigenvalue weighted by Crippen LogP contribution is 2.33. The molecule has 0 bridgehead atoms. The molecule has 29 heavy (non-hydrogen) atoms. The van der Waals surface area contributed by atoms with Crippen molar-refractivity contribution in [1.29, 1.82) is 0 Å². The molecule has 8 heteroatoms. The topological polar surface area (TPSA) is 90.4 Å². The zero-order valence-electron chi connectivity index (χ0n) is 15.3. The molecule has 5 rings (SSSR count). The zero-order chi connectivity index (χ0) is 20.1. The molecule has 0 radical (unpaired) electrons. The second-order valence-electron chi connectivity index (χ2n) is 7.12.